The van der Waals surface area contributed by atoms with E-state index in [1.165, 1.54) is 26.4 Å². The van der Waals surface area contributed by atoms with Gasteiger partial charge in [-0.15, -0.1) is 0 Å². The van der Waals surface area contributed by atoms with Crippen molar-refractivity contribution in [3.05, 3.63) is 52.5 Å². The summed E-state index contributed by atoms with van der Waals surface area (Å²) in [5, 5.41) is 0. The van der Waals surface area contributed by atoms with Crippen LogP contribution in [0.3, 0.4) is 0 Å². The van der Waals surface area contributed by atoms with Crippen LogP contribution in [0.2, 0.25) is 0 Å². The van der Waals surface area contributed by atoms with Gasteiger partial charge in [0.2, 0.25) is 0 Å². The molecule has 25 heavy (non-hydrogen) atoms. The molecule has 0 amide bonds. The first kappa shape index (κ1) is 19.3. The Labute approximate surface area is 155 Å². The van der Waals surface area contributed by atoms with Crippen molar-refractivity contribution >= 4 is 37.6 Å². The summed E-state index contributed by atoms with van der Waals surface area (Å²) in [6.45, 7) is 1.42. The largest absolute Gasteiger partial charge is 0.496 e. The fraction of sp³-hybridized carbons (Fsp3) is 0.235. The van der Waals surface area contributed by atoms with E-state index in [4.69, 9.17) is 4.74 Å². The lowest BCUT2D eigenvalue weighted by atomic mass is 10.2. The van der Waals surface area contributed by atoms with Crippen molar-refractivity contribution in [2.45, 2.75) is 11.8 Å². The Bertz CT molecular complexity index is 882. The molecular weight excluding hydrogens is 410 g/mol. The number of aryl methyl sites for hydroxylation is 1. The topological polar surface area (TPSA) is 72.9 Å². The van der Waals surface area contributed by atoms with Gasteiger partial charge in [-0.05, 0) is 58.7 Å². The fourth-order valence-corrected chi connectivity index (χ4v) is 4.33. The molecule has 2 rings (SSSR count). The number of halogens is 1. The first-order valence-electron chi connectivity index (χ1n) is 7.29. The van der Waals surface area contributed by atoms with Gasteiger partial charge in [0.05, 0.1) is 29.3 Å². The van der Waals surface area contributed by atoms with Gasteiger partial charge in [0.15, 0.2) is 0 Å². The molecular formula is C17H18BrNO5S. The average molecular weight is 428 g/mol. The highest BCUT2D eigenvalue weighted by Crippen LogP contribution is 2.30. The van der Waals surface area contributed by atoms with Crippen LogP contribution < -0.4 is 9.04 Å². The third-order valence-electron chi connectivity index (χ3n) is 3.50. The highest BCUT2D eigenvalue weighted by Gasteiger charge is 2.28. The van der Waals surface area contributed by atoms with E-state index in [1.54, 1.807) is 24.3 Å². The molecule has 0 fully saturated rings. The van der Waals surface area contributed by atoms with Gasteiger partial charge in [-0.25, -0.2) is 8.42 Å². The third-order valence-corrected chi connectivity index (χ3v) is 5.89. The minimum absolute atomic E-state index is 0.0329. The maximum absolute atomic E-state index is 13.1. The highest BCUT2D eigenvalue weighted by atomic mass is 79.9. The minimum Gasteiger partial charge on any atom is -0.496 e. The zero-order chi connectivity index (χ0) is 18.6. The van der Waals surface area contributed by atoms with E-state index >= 15 is 0 Å². The maximum Gasteiger partial charge on any atom is 0.326 e. The Hall–Kier alpha value is -2.06. The summed E-state index contributed by atoms with van der Waals surface area (Å²) in [7, 11) is -1.27. The molecule has 0 aromatic heterocycles. The molecule has 0 aliphatic carbocycles. The average Bonchev–Trinajstić information content (AvgIpc) is 2.59. The normalized spacial score (nSPS) is 11.0. The predicted octanol–water partition coefficient (Wildman–Crippen LogP) is 3.13. The lowest BCUT2D eigenvalue weighted by molar-refractivity contribution is -0.138. The van der Waals surface area contributed by atoms with E-state index in [-0.39, 0.29) is 4.90 Å². The number of nitrogens with zero attached hydrogens (tertiary/aromatic N) is 1. The molecule has 0 bridgehead atoms. The second-order valence-electron chi connectivity index (χ2n) is 5.22. The molecule has 0 saturated heterocycles. The molecule has 0 radical (unpaired) electrons. The number of anilines is 1. The van der Waals surface area contributed by atoms with E-state index in [2.05, 4.69) is 20.7 Å². The van der Waals surface area contributed by atoms with E-state index in [0.29, 0.717) is 15.9 Å². The minimum atomic E-state index is -3.98. The number of carbonyl (C=O) groups is 1. The smallest absolute Gasteiger partial charge is 0.326 e. The quantitative estimate of drug-likeness (QED) is 0.662. The van der Waals surface area contributed by atoms with Crippen LogP contribution in [0.1, 0.15) is 5.56 Å². The van der Waals surface area contributed by atoms with Crippen LogP contribution in [0, 0.1) is 6.92 Å². The number of methoxy groups -OCH3 is 2. The summed E-state index contributed by atoms with van der Waals surface area (Å²) in [5.41, 5.74) is 1.26. The molecule has 0 saturated carbocycles. The second kappa shape index (κ2) is 7.88. The number of benzene rings is 2. The van der Waals surface area contributed by atoms with Crippen molar-refractivity contribution in [1.29, 1.82) is 0 Å². The first-order valence-corrected chi connectivity index (χ1v) is 9.52. The number of rotatable bonds is 6. The Morgan fingerprint density at radius 3 is 2.44 bits per heavy atom. The van der Waals surface area contributed by atoms with E-state index in [1.807, 2.05) is 13.0 Å². The molecule has 2 aromatic carbocycles. The van der Waals surface area contributed by atoms with Crippen molar-refractivity contribution < 1.29 is 22.7 Å². The number of carbonyl (C=O) groups excluding carboxylic acids is 1. The van der Waals surface area contributed by atoms with Gasteiger partial charge in [-0.2, -0.15) is 0 Å². The molecule has 6 nitrogen and oxygen atoms in total. The van der Waals surface area contributed by atoms with Gasteiger partial charge < -0.3 is 9.47 Å². The molecule has 8 heteroatoms. The molecule has 134 valence electrons. The van der Waals surface area contributed by atoms with E-state index in [9.17, 15) is 13.2 Å². The van der Waals surface area contributed by atoms with Crippen molar-refractivity contribution in [1.82, 2.24) is 0 Å². The van der Waals surface area contributed by atoms with Crippen LogP contribution in [0.4, 0.5) is 5.69 Å². The summed E-state index contributed by atoms with van der Waals surface area (Å²) in [6, 6.07) is 11.3. The summed E-state index contributed by atoms with van der Waals surface area (Å²) in [6.07, 6.45) is 0. The predicted molar refractivity (Wildman–Crippen MR) is 98.4 cm³/mol. The SMILES string of the molecule is COC(=O)CN(c1cccc(C)c1)S(=O)(=O)c1ccc(OC)c(Br)c1. The van der Waals surface area contributed by atoms with Crippen LogP contribution in [0.15, 0.2) is 51.8 Å². The number of esters is 1. The Balaban J connectivity index is 2.55. The molecule has 0 atom stereocenters. The number of hydrogen-bond donors (Lipinski definition) is 0. The van der Waals surface area contributed by atoms with Gasteiger partial charge in [-0.1, -0.05) is 12.1 Å². The lowest BCUT2D eigenvalue weighted by Gasteiger charge is -2.24. The first-order chi connectivity index (χ1) is 11.8. The highest BCUT2D eigenvalue weighted by molar-refractivity contribution is 9.10. The zero-order valence-electron chi connectivity index (χ0n) is 14.0. The van der Waals surface area contributed by atoms with Crippen molar-refractivity contribution in [2.75, 3.05) is 25.1 Å². The standard InChI is InChI=1S/C17H18BrNO5S/c1-12-5-4-6-13(9-12)19(11-17(20)24-3)25(21,22)14-7-8-16(23-2)15(18)10-14/h4-10H,11H2,1-3H3. The molecule has 0 aliphatic rings. The Morgan fingerprint density at radius 1 is 1.16 bits per heavy atom. The number of ether oxygens (including phenoxy) is 2. The molecule has 0 aliphatic heterocycles. The van der Waals surface area contributed by atoms with Crippen molar-refractivity contribution in [3.63, 3.8) is 0 Å². The monoisotopic (exact) mass is 427 g/mol. The third kappa shape index (κ3) is 4.32. The summed E-state index contributed by atoms with van der Waals surface area (Å²) < 4.78 is 37.5. The number of hydrogen-bond acceptors (Lipinski definition) is 5. The van der Waals surface area contributed by atoms with Gasteiger partial charge in [0, 0.05) is 0 Å². The molecule has 2 aromatic rings. The fourth-order valence-electron chi connectivity index (χ4n) is 2.21. The lowest BCUT2D eigenvalue weighted by Crippen LogP contribution is -2.36. The number of sulfonamides is 1. The van der Waals surface area contributed by atoms with Crippen LogP contribution in [0.25, 0.3) is 0 Å². The molecule has 0 spiro atoms. The van der Waals surface area contributed by atoms with Gasteiger partial charge in [0.1, 0.15) is 12.3 Å². The van der Waals surface area contributed by atoms with Crippen LogP contribution in [0.5, 0.6) is 5.75 Å². The van der Waals surface area contributed by atoms with E-state index < -0.39 is 22.5 Å². The Kier molecular flexibility index (Phi) is 6.07. The Morgan fingerprint density at radius 2 is 1.88 bits per heavy atom. The molecule has 0 unspecified atom stereocenters. The summed E-state index contributed by atoms with van der Waals surface area (Å²) in [5.74, 6) is -0.147. The van der Waals surface area contributed by atoms with Crippen LogP contribution in [-0.4, -0.2) is 35.2 Å². The van der Waals surface area contributed by atoms with Crippen LogP contribution >= 0.6 is 15.9 Å². The van der Waals surface area contributed by atoms with E-state index in [0.717, 1.165) is 9.87 Å². The molecule has 0 N–H and O–H groups in total. The summed E-state index contributed by atoms with van der Waals surface area (Å²) in [4.78, 5) is 11.8. The van der Waals surface area contributed by atoms with Gasteiger partial charge in [-0.3, -0.25) is 9.10 Å². The van der Waals surface area contributed by atoms with Crippen molar-refractivity contribution in [3.8, 4) is 5.75 Å². The van der Waals surface area contributed by atoms with Gasteiger partial charge >= 0.3 is 5.97 Å². The maximum atomic E-state index is 13.1. The zero-order valence-corrected chi connectivity index (χ0v) is 16.4. The summed E-state index contributed by atoms with van der Waals surface area (Å²) >= 11 is 3.28. The second-order valence-corrected chi connectivity index (χ2v) is 7.94. The van der Waals surface area contributed by atoms with Crippen molar-refractivity contribution in [2.24, 2.45) is 0 Å². The van der Waals surface area contributed by atoms with Crippen LogP contribution in [-0.2, 0) is 19.6 Å². The van der Waals surface area contributed by atoms with Gasteiger partial charge in [0.25, 0.3) is 10.0 Å². The molecule has 0 heterocycles.